The highest BCUT2D eigenvalue weighted by atomic mass is 79.9. The maximum atomic E-state index is 12.2. The monoisotopic (exact) mass is 386 g/mol. The summed E-state index contributed by atoms with van der Waals surface area (Å²) in [4.78, 5) is 16.3. The molecule has 0 radical (unpaired) electrons. The number of aryl methyl sites for hydroxylation is 1. The molecule has 0 N–H and O–H groups in total. The van der Waals surface area contributed by atoms with Gasteiger partial charge in [-0.3, -0.25) is 4.79 Å². The van der Waals surface area contributed by atoms with Gasteiger partial charge in [-0.25, -0.2) is 9.50 Å². The summed E-state index contributed by atoms with van der Waals surface area (Å²) in [6.45, 7) is -0.400. The van der Waals surface area contributed by atoms with E-state index in [9.17, 15) is 18.0 Å². The van der Waals surface area contributed by atoms with Gasteiger partial charge in [-0.2, -0.15) is 18.3 Å². The van der Waals surface area contributed by atoms with Crippen LogP contribution in [0, 0.1) is 0 Å². The quantitative estimate of drug-likeness (QED) is 0.693. The Morgan fingerprint density at radius 1 is 1.22 bits per heavy atom. The van der Waals surface area contributed by atoms with Gasteiger partial charge in [0.05, 0.1) is 22.8 Å². The molecular formula is C14H10BrF3N4O. The fourth-order valence-electron chi connectivity index (χ4n) is 2.10. The molecule has 0 saturated carbocycles. The molecule has 23 heavy (non-hydrogen) atoms. The van der Waals surface area contributed by atoms with E-state index in [1.165, 1.54) is 12.3 Å². The van der Waals surface area contributed by atoms with Gasteiger partial charge in [0.2, 0.25) is 0 Å². The van der Waals surface area contributed by atoms with E-state index >= 15 is 0 Å². The highest BCUT2D eigenvalue weighted by molar-refractivity contribution is 9.10. The second kappa shape index (κ2) is 5.80. The summed E-state index contributed by atoms with van der Waals surface area (Å²) >= 11 is 3.32. The van der Waals surface area contributed by atoms with Crippen molar-refractivity contribution < 1.29 is 13.2 Å². The predicted octanol–water partition coefficient (Wildman–Crippen LogP) is 3.27. The molecule has 120 valence electrons. The Bertz CT molecular complexity index is 916. The smallest absolute Gasteiger partial charge is 0.315 e. The lowest BCUT2D eigenvalue weighted by atomic mass is 10.2. The van der Waals surface area contributed by atoms with Crippen LogP contribution in [-0.4, -0.2) is 25.3 Å². The average molecular weight is 387 g/mol. The summed E-state index contributed by atoms with van der Waals surface area (Å²) in [5, 5.41) is 4.07. The Labute approximate surface area is 136 Å². The zero-order chi connectivity index (χ0) is 16.6. The highest BCUT2D eigenvalue weighted by Gasteiger charge is 2.26. The summed E-state index contributed by atoms with van der Waals surface area (Å²) in [5.41, 5.74) is 1.16. The van der Waals surface area contributed by atoms with Crippen LogP contribution in [0.15, 0.2) is 46.1 Å². The van der Waals surface area contributed by atoms with E-state index in [-0.39, 0.29) is 0 Å². The van der Waals surface area contributed by atoms with Crippen molar-refractivity contribution >= 4 is 21.6 Å². The van der Waals surface area contributed by atoms with Crippen LogP contribution in [-0.2, 0) is 6.54 Å². The maximum absolute atomic E-state index is 12.2. The third-order valence-electron chi connectivity index (χ3n) is 3.25. The van der Waals surface area contributed by atoms with Crippen molar-refractivity contribution in [3.8, 4) is 11.3 Å². The zero-order valence-corrected chi connectivity index (χ0v) is 13.2. The first kappa shape index (κ1) is 15.7. The number of hydrogen-bond acceptors (Lipinski definition) is 3. The molecule has 0 atom stereocenters. The van der Waals surface area contributed by atoms with Crippen molar-refractivity contribution in [2.75, 3.05) is 0 Å². The summed E-state index contributed by atoms with van der Waals surface area (Å²) in [5.74, 6) is 0. The lowest BCUT2D eigenvalue weighted by Crippen LogP contribution is -2.22. The minimum Gasteiger partial charge on any atom is -0.315 e. The summed E-state index contributed by atoms with van der Waals surface area (Å²) in [6.07, 6.45) is -0.697. The molecule has 0 aliphatic heterocycles. The Morgan fingerprint density at radius 2 is 2.00 bits per heavy atom. The lowest BCUT2D eigenvalue weighted by Gasteiger charge is -2.09. The van der Waals surface area contributed by atoms with Crippen molar-refractivity contribution in [2.45, 2.75) is 19.1 Å². The number of alkyl halides is 3. The van der Waals surface area contributed by atoms with Crippen LogP contribution in [0.1, 0.15) is 6.42 Å². The third kappa shape index (κ3) is 3.44. The van der Waals surface area contributed by atoms with E-state index in [0.717, 1.165) is 4.57 Å². The first-order valence-electron chi connectivity index (χ1n) is 6.61. The molecule has 0 spiro atoms. The fraction of sp³-hybridized carbons (Fsp3) is 0.214. The normalized spacial score (nSPS) is 12.0. The molecule has 3 aromatic rings. The summed E-state index contributed by atoms with van der Waals surface area (Å²) in [6, 6.07) is 4.53. The van der Waals surface area contributed by atoms with E-state index in [2.05, 4.69) is 26.0 Å². The number of halogens is 4. The van der Waals surface area contributed by atoms with Crippen molar-refractivity contribution in [1.82, 2.24) is 19.2 Å². The molecule has 0 aliphatic carbocycles. The van der Waals surface area contributed by atoms with E-state index in [4.69, 9.17) is 0 Å². The molecule has 0 amide bonds. The van der Waals surface area contributed by atoms with Gasteiger partial charge >= 0.3 is 6.18 Å². The number of aromatic nitrogens is 4. The third-order valence-corrected chi connectivity index (χ3v) is 3.81. The van der Waals surface area contributed by atoms with Gasteiger partial charge in [0.1, 0.15) is 0 Å². The number of rotatable bonds is 3. The first-order valence-corrected chi connectivity index (χ1v) is 7.40. The molecular weight excluding hydrogens is 377 g/mol. The van der Waals surface area contributed by atoms with Gasteiger partial charge in [-0.15, -0.1) is 0 Å². The van der Waals surface area contributed by atoms with Gasteiger partial charge in [0.25, 0.3) is 5.56 Å². The fourth-order valence-corrected chi connectivity index (χ4v) is 2.46. The molecule has 0 unspecified atom stereocenters. The Morgan fingerprint density at radius 3 is 2.70 bits per heavy atom. The maximum Gasteiger partial charge on any atom is 0.390 e. The summed E-state index contributed by atoms with van der Waals surface area (Å²) < 4.78 is 40.0. The lowest BCUT2D eigenvalue weighted by molar-refractivity contribution is -0.136. The Balaban J connectivity index is 1.92. The van der Waals surface area contributed by atoms with Crippen LogP contribution in [0.25, 0.3) is 16.9 Å². The van der Waals surface area contributed by atoms with Crippen molar-refractivity contribution in [3.63, 3.8) is 0 Å². The largest absolute Gasteiger partial charge is 0.390 e. The van der Waals surface area contributed by atoms with Crippen molar-refractivity contribution in [3.05, 3.63) is 51.6 Å². The predicted molar refractivity (Wildman–Crippen MR) is 81.1 cm³/mol. The van der Waals surface area contributed by atoms with E-state index in [1.807, 2.05) is 0 Å². The van der Waals surface area contributed by atoms with Crippen molar-refractivity contribution in [1.29, 1.82) is 0 Å². The van der Waals surface area contributed by atoms with Gasteiger partial charge in [-0.05, 0) is 28.1 Å². The average Bonchev–Trinajstić information content (AvgIpc) is 2.86. The molecule has 0 aromatic carbocycles. The molecule has 0 bridgehead atoms. The number of fused-ring (bicyclic) bond motifs is 1. The Kier molecular flexibility index (Phi) is 3.97. The second-order valence-corrected chi connectivity index (χ2v) is 5.74. The molecule has 5 nitrogen and oxygen atoms in total. The highest BCUT2D eigenvalue weighted by Crippen LogP contribution is 2.22. The van der Waals surface area contributed by atoms with Crippen LogP contribution >= 0.6 is 15.9 Å². The SMILES string of the molecule is O=c1cc(-c2ccn3ncc(Br)c3n2)ccn1CCC(F)(F)F. The molecule has 3 rings (SSSR count). The first-order chi connectivity index (χ1) is 10.8. The number of pyridine rings is 1. The van der Waals surface area contributed by atoms with Crippen LogP contribution in [0.2, 0.25) is 0 Å². The number of nitrogens with zero attached hydrogens (tertiary/aromatic N) is 4. The molecule has 3 heterocycles. The second-order valence-electron chi connectivity index (χ2n) is 4.89. The van der Waals surface area contributed by atoms with Crippen molar-refractivity contribution in [2.24, 2.45) is 0 Å². The molecule has 0 saturated heterocycles. The van der Waals surface area contributed by atoms with Crippen LogP contribution in [0.5, 0.6) is 0 Å². The molecule has 0 aliphatic rings. The van der Waals surface area contributed by atoms with E-state index < -0.39 is 24.7 Å². The van der Waals surface area contributed by atoms with Gasteiger partial charge in [-0.1, -0.05) is 0 Å². The van der Waals surface area contributed by atoms with Gasteiger partial charge in [0.15, 0.2) is 5.65 Å². The van der Waals surface area contributed by atoms with E-state index in [0.29, 0.717) is 21.4 Å². The molecule has 9 heteroatoms. The van der Waals surface area contributed by atoms with Gasteiger partial charge < -0.3 is 4.57 Å². The zero-order valence-electron chi connectivity index (χ0n) is 11.6. The number of hydrogen-bond donors (Lipinski definition) is 0. The van der Waals surface area contributed by atoms with Crippen LogP contribution in [0.4, 0.5) is 13.2 Å². The van der Waals surface area contributed by atoms with Crippen LogP contribution < -0.4 is 5.56 Å². The standard InChI is InChI=1S/C14H10BrF3N4O/c15-10-8-19-22-5-2-11(20-13(10)22)9-1-4-21(12(23)7-9)6-3-14(16,17)18/h1-2,4-5,7-8H,3,6H2. The Hall–Kier alpha value is -2.16. The molecule has 0 fully saturated rings. The minimum atomic E-state index is -4.29. The van der Waals surface area contributed by atoms with Gasteiger partial charge in [0, 0.05) is 30.6 Å². The molecule has 3 aromatic heterocycles. The topological polar surface area (TPSA) is 52.2 Å². The van der Waals surface area contributed by atoms with E-state index in [1.54, 1.807) is 29.0 Å². The van der Waals surface area contributed by atoms with Crippen LogP contribution in [0.3, 0.4) is 0 Å². The summed E-state index contributed by atoms with van der Waals surface area (Å²) in [7, 11) is 0. The minimum absolute atomic E-state index is 0.400.